The van der Waals surface area contributed by atoms with Crippen molar-refractivity contribution in [2.24, 2.45) is 23.7 Å². The minimum atomic E-state index is -4.96. The number of phosphoric ester groups is 2. The zero-order valence-electron chi connectivity index (χ0n) is 60.9. The Morgan fingerprint density at radius 2 is 0.516 bits per heavy atom. The van der Waals surface area contributed by atoms with Crippen molar-refractivity contribution < 1.29 is 80.2 Å². The molecule has 0 radical (unpaired) electrons. The Bertz CT molecular complexity index is 1840. The molecule has 4 unspecified atom stereocenters. The first kappa shape index (κ1) is 91.1. The normalized spacial score (nSPS) is 14.8. The van der Waals surface area contributed by atoms with Crippen molar-refractivity contribution in [2.45, 2.75) is 388 Å². The fourth-order valence-corrected chi connectivity index (χ4v) is 12.7. The van der Waals surface area contributed by atoms with E-state index >= 15 is 0 Å². The highest BCUT2D eigenvalue weighted by Gasteiger charge is 2.30. The van der Waals surface area contributed by atoms with E-state index in [-0.39, 0.29) is 25.7 Å². The summed E-state index contributed by atoms with van der Waals surface area (Å²) in [6, 6.07) is 0. The van der Waals surface area contributed by atoms with Crippen LogP contribution in [0.3, 0.4) is 0 Å². The molecular weight excluding hydrogens is 1220 g/mol. The highest BCUT2D eigenvalue weighted by Crippen LogP contribution is 2.45. The molecule has 0 saturated carbocycles. The first-order chi connectivity index (χ1) is 44.7. The lowest BCUT2D eigenvalue weighted by atomic mass is 9.99. The fourth-order valence-electron chi connectivity index (χ4n) is 11.1. The van der Waals surface area contributed by atoms with Gasteiger partial charge in [0.05, 0.1) is 26.4 Å². The molecule has 0 fully saturated rings. The quantitative estimate of drug-likeness (QED) is 0.0222. The topological polar surface area (TPSA) is 237 Å². The van der Waals surface area contributed by atoms with Gasteiger partial charge in [-0.25, -0.2) is 9.13 Å². The Kier molecular flexibility index (Phi) is 62.2. The second-order valence-corrected chi connectivity index (χ2v) is 31.0. The van der Waals surface area contributed by atoms with E-state index in [1.807, 2.05) is 0 Å². The Labute approximate surface area is 568 Å². The second-order valence-electron chi connectivity index (χ2n) is 28.1. The van der Waals surface area contributed by atoms with E-state index < -0.39 is 97.5 Å². The van der Waals surface area contributed by atoms with Crippen LogP contribution < -0.4 is 0 Å². The van der Waals surface area contributed by atoms with Gasteiger partial charge in [0.1, 0.15) is 19.3 Å². The summed E-state index contributed by atoms with van der Waals surface area (Å²) in [5, 5.41) is 10.6. The summed E-state index contributed by atoms with van der Waals surface area (Å²) in [5.41, 5.74) is 0. The molecule has 0 aromatic rings. The molecule has 0 heterocycles. The van der Waals surface area contributed by atoms with Crippen LogP contribution in [-0.2, 0) is 65.4 Å². The number of carbonyl (C=O) groups is 4. The number of unbranched alkanes of at least 4 members (excludes halogenated alkanes) is 35. The third-order valence-corrected chi connectivity index (χ3v) is 19.7. The predicted molar refractivity (Wildman–Crippen MR) is 377 cm³/mol. The molecule has 0 saturated heterocycles. The summed E-state index contributed by atoms with van der Waals surface area (Å²) < 4.78 is 68.5. The number of esters is 4. The summed E-state index contributed by atoms with van der Waals surface area (Å²) in [7, 11) is -9.91. The van der Waals surface area contributed by atoms with Gasteiger partial charge in [-0.15, -0.1) is 0 Å². The van der Waals surface area contributed by atoms with E-state index in [4.69, 9.17) is 37.0 Å². The van der Waals surface area contributed by atoms with Gasteiger partial charge in [-0.1, -0.05) is 319 Å². The maximum absolute atomic E-state index is 13.1. The first-order valence-electron chi connectivity index (χ1n) is 38.3. The predicted octanol–water partition coefficient (Wildman–Crippen LogP) is 21.3. The number of phosphoric acid groups is 2. The van der Waals surface area contributed by atoms with Crippen LogP contribution in [0.4, 0.5) is 0 Å². The standard InChI is InChI=1S/C74H144O17P2/c1-9-66(7)52-44-36-28-22-18-19-25-31-41-49-57-74(79)91-70(61-85-72(77)55-47-39-33-32-37-45-53-67(8)10-2)63-89-93(82,83)87-59-68(75)58-86-92(80,81)88-62-69(90-73(78)56-48-40-30-24-17-13-15-21-27-35-43-51-65(5)6)60-84-71(76)54-46-38-29-23-16-12-11-14-20-26-34-42-50-64(3)4/h64-70,75H,9-63H2,1-8H3,(H,80,81)(H,82,83)/t66?,67?,68-,69-,70-/m1/s1. The molecule has 0 aliphatic rings. The van der Waals surface area contributed by atoms with E-state index in [0.29, 0.717) is 25.7 Å². The molecule has 0 bridgehead atoms. The van der Waals surface area contributed by atoms with E-state index in [2.05, 4.69) is 55.4 Å². The van der Waals surface area contributed by atoms with E-state index in [1.165, 1.54) is 167 Å². The molecule has 19 heteroatoms. The van der Waals surface area contributed by atoms with Crippen molar-refractivity contribution in [1.29, 1.82) is 0 Å². The Morgan fingerprint density at radius 3 is 0.763 bits per heavy atom. The van der Waals surface area contributed by atoms with Crippen LogP contribution in [0.2, 0.25) is 0 Å². The molecule has 0 amide bonds. The highest BCUT2D eigenvalue weighted by atomic mass is 31.2. The lowest BCUT2D eigenvalue weighted by Crippen LogP contribution is -2.30. The third kappa shape index (κ3) is 65.8. The molecule has 0 aliphatic heterocycles. The van der Waals surface area contributed by atoms with Crippen molar-refractivity contribution >= 4 is 39.5 Å². The molecule has 17 nitrogen and oxygen atoms in total. The number of hydrogen-bond donors (Lipinski definition) is 3. The zero-order valence-corrected chi connectivity index (χ0v) is 62.7. The maximum Gasteiger partial charge on any atom is 0.472 e. The average Bonchev–Trinajstić information content (AvgIpc) is 2.59. The Morgan fingerprint density at radius 1 is 0.301 bits per heavy atom. The van der Waals surface area contributed by atoms with Gasteiger partial charge in [0.15, 0.2) is 12.2 Å². The van der Waals surface area contributed by atoms with Gasteiger partial charge in [-0.05, 0) is 49.4 Å². The second kappa shape index (κ2) is 63.5. The minimum absolute atomic E-state index is 0.105. The molecule has 7 atom stereocenters. The number of aliphatic hydroxyl groups is 1. The van der Waals surface area contributed by atoms with Gasteiger partial charge in [0.2, 0.25) is 0 Å². The summed E-state index contributed by atoms with van der Waals surface area (Å²) >= 11 is 0. The van der Waals surface area contributed by atoms with Crippen LogP contribution in [0.15, 0.2) is 0 Å². The molecule has 0 rings (SSSR count). The van der Waals surface area contributed by atoms with E-state index in [0.717, 1.165) is 120 Å². The molecule has 0 aromatic carbocycles. The van der Waals surface area contributed by atoms with Gasteiger partial charge in [-0.3, -0.25) is 37.3 Å². The largest absolute Gasteiger partial charge is 0.472 e. The molecule has 3 N–H and O–H groups in total. The Hall–Kier alpha value is -1.94. The summed E-state index contributed by atoms with van der Waals surface area (Å²) in [5.74, 6) is 0.957. The maximum atomic E-state index is 13.1. The SMILES string of the molecule is CCC(C)CCCCCCCCCCCCC(=O)O[C@H](COC(=O)CCCCCCCCC(C)CC)COP(=O)(O)OC[C@H](O)COP(=O)(O)OC[C@@H](COC(=O)CCCCCCCCCCCCCCC(C)C)OC(=O)CCCCCCCCCCCCCC(C)C. The van der Waals surface area contributed by atoms with Crippen LogP contribution in [0.1, 0.15) is 370 Å². The van der Waals surface area contributed by atoms with Gasteiger partial charge >= 0.3 is 39.5 Å². The van der Waals surface area contributed by atoms with Gasteiger partial charge in [0, 0.05) is 25.7 Å². The van der Waals surface area contributed by atoms with E-state index in [9.17, 15) is 43.2 Å². The molecule has 552 valence electrons. The number of ether oxygens (including phenoxy) is 4. The van der Waals surface area contributed by atoms with Crippen LogP contribution in [0.5, 0.6) is 0 Å². The minimum Gasteiger partial charge on any atom is -0.462 e. The van der Waals surface area contributed by atoms with Gasteiger partial charge in [0.25, 0.3) is 0 Å². The van der Waals surface area contributed by atoms with Gasteiger partial charge in [-0.2, -0.15) is 0 Å². The smallest absolute Gasteiger partial charge is 0.462 e. The molecule has 93 heavy (non-hydrogen) atoms. The van der Waals surface area contributed by atoms with Crippen molar-refractivity contribution in [3.05, 3.63) is 0 Å². The number of carbonyl (C=O) groups excluding carboxylic acids is 4. The van der Waals surface area contributed by atoms with E-state index in [1.54, 1.807) is 0 Å². The molecule has 0 aliphatic carbocycles. The van der Waals surface area contributed by atoms with Crippen molar-refractivity contribution in [3.63, 3.8) is 0 Å². The molecule has 0 spiro atoms. The number of hydrogen-bond acceptors (Lipinski definition) is 15. The number of aliphatic hydroxyl groups excluding tert-OH is 1. The van der Waals surface area contributed by atoms with Crippen LogP contribution in [-0.4, -0.2) is 96.7 Å². The average molecular weight is 1370 g/mol. The van der Waals surface area contributed by atoms with Crippen LogP contribution >= 0.6 is 15.6 Å². The first-order valence-corrected chi connectivity index (χ1v) is 41.3. The third-order valence-electron chi connectivity index (χ3n) is 17.8. The lowest BCUT2D eigenvalue weighted by Gasteiger charge is -2.21. The molecular formula is C74H144O17P2. The van der Waals surface area contributed by atoms with Crippen LogP contribution in [0.25, 0.3) is 0 Å². The monoisotopic (exact) mass is 1370 g/mol. The van der Waals surface area contributed by atoms with Crippen molar-refractivity contribution in [3.8, 4) is 0 Å². The fraction of sp³-hybridized carbons (Fsp3) is 0.946. The Balaban J connectivity index is 5.27. The lowest BCUT2D eigenvalue weighted by molar-refractivity contribution is -0.161. The highest BCUT2D eigenvalue weighted by molar-refractivity contribution is 7.47. The zero-order chi connectivity index (χ0) is 68.9. The number of rotatable bonds is 71. The molecule has 0 aromatic heterocycles. The summed E-state index contributed by atoms with van der Waals surface area (Å²) in [4.78, 5) is 72.7. The van der Waals surface area contributed by atoms with Crippen molar-refractivity contribution in [2.75, 3.05) is 39.6 Å². The van der Waals surface area contributed by atoms with Crippen LogP contribution in [0, 0.1) is 23.7 Å². The summed E-state index contributed by atoms with van der Waals surface area (Å²) in [6.45, 7) is 14.2. The van der Waals surface area contributed by atoms with Crippen molar-refractivity contribution in [1.82, 2.24) is 0 Å². The summed E-state index contributed by atoms with van der Waals surface area (Å²) in [6.07, 6.45) is 47.1. The van der Waals surface area contributed by atoms with Gasteiger partial charge < -0.3 is 33.8 Å².